The van der Waals surface area contributed by atoms with Crippen LogP contribution in [0.1, 0.15) is 68.8 Å². The number of hydrogen-bond acceptors (Lipinski definition) is 6. The molecule has 1 heterocycles. The van der Waals surface area contributed by atoms with E-state index in [2.05, 4.69) is 15.3 Å². The molecule has 0 radical (unpaired) electrons. The lowest BCUT2D eigenvalue weighted by Crippen LogP contribution is -2.36. The van der Waals surface area contributed by atoms with Gasteiger partial charge < -0.3 is 5.32 Å². The number of nitrogens with zero attached hydrogens (tertiary/aromatic N) is 2. The molecule has 0 saturated carbocycles. The third kappa shape index (κ3) is 5.85. The van der Waals surface area contributed by atoms with Gasteiger partial charge in [-0.15, -0.1) is 0 Å². The number of nitrogens with one attached hydrogen (secondary N) is 2. The third-order valence-electron chi connectivity index (χ3n) is 4.41. The Morgan fingerprint density at radius 2 is 1.63 bits per heavy atom. The van der Waals surface area contributed by atoms with Gasteiger partial charge in [0.2, 0.25) is 0 Å². The van der Waals surface area contributed by atoms with E-state index in [1.807, 2.05) is 51.5 Å². The van der Waals surface area contributed by atoms with E-state index in [9.17, 15) is 18.0 Å². The predicted molar refractivity (Wildman–Crippen MR) is 115 cm³/mol. The Morgan fingerprint density at radius 1 is 1.07 bits per heavy atom. The molecule has 2 N–H and O–H groups in total. The zero-order valence-electron chi connectivity index (χ0n) is 18.1. The molecule has 8 nitrogen and oxygen atoms in total. The molecule has 30 heavy (non-hydrogen) atoms. The van der Waals surface area contributed by atoms with Gasteiger partial charge in [0, 0.05) is 18.3 Å². The van der Waals surface area contributed by atoms with Crippen LogP contribution in [0.2, 0.25) is 0 Å². The van der Waals surface area contributed by atoms with Crippen LogP contribution in [0.15, 0.2) is 29.6 Å². The number of Topliss-reactive ketones (excluding diaryl/α,β-unsaturated/α-hetero) is 1. The lowest BCUT2D eigenvalue weighted by atomic mass is 9.90. The average molecular weight is 433 g/mol. The van der Waals surface area contributed by atoms with Crippen LogP contribution in [0.3, 0.4) is 0 Å². The van der Waals surface area contributed by atoms with Gasteiger partial charge in [-0.3, -0.25) is 4.79 Å². The molecule has 2 rings (SSSR count). The number of aryl methyl sites for hydroxylation is 1. The summed E-state index contributed by atoms with van der Waals surface area (Å²) < 4.78 is 27.1. The molecule has 0 aliphatic rings. The summed E-state index contributed by atoms with van der Waals surface area (Å²) in [6.07, 6.45) is 1.22. The molecule has 0 atom stereocenters. The van der Waals surface area contributed by atoms with Crippen molar-refractivity contribution < 1.29 is 18.0 Å². The molecule has 1 aromatic heterocycles. The normalized spacial score (nSPS) is 11.6. The quantitative estimate of drug-likeness (QED) is 0.645. The van der Waals surface area contributed by atoms with Crippen LogP contribution >= 0.6 is 0 Å². The van der Waals surface area contributed by atoms with Gasteiger partial charge in [-0.2, -0.15) is 8.42 Å². The molecule has 0 aliphatic heterocycles. The maximum atomic E-state index is 12.6. The third-order valence-corrected chi connectivity index (χ3v) is 5.55. The maximum Gasteiger partial charge on any atom is 0.333 e. The minimum absolute atomic E-state index is 0.0178. The molecule has 0 aliphatic carbocycles. The Balaban J connectivity index is 2.32. The molecule has 0 spiro atoms. The summed E-state index contributed by atoms with van der Waals surface area (Å²) in [6.45, 7) is 11.4. The van der Waals surface area contributed by atoms with Crippen molar-refractivity contribution in [3.8, 4) is 0 Å². The van der Waals surface area contributed by atoms with Gasteiger partial charge in [0.1, 0.15) is 5.78 Å². The topological polar surface area (TPSA) is 118 Å². The van der Waals surface area contributed by atoms with E-state index in [4.69, 9.17) is 0 Å². The molecule has 0 unspecified atom stereocenters. The summed E-state index contributed by atoms with van der Waals surface area (Å²) in [5.74, 6) is 0.0892. The number of benzene rings is 1. The number of carbonyl (C=O) groups is 2. The maximum absolute atomic E-state index is 12.6. The first-order valence-electron chi connectivity index (χ1n) is 9.70. The lowest BCUT2D eigenvalue weighted by molar-refractivity contribution is -0.116. The smallest absolute Gasteiger partial charge is 0.307 e. The highest BCUT2D eigenvalue weighted by Gasteiger charge is 2.24. The summed E-state index contributed by atoms with van der Waals surface area (Å²) in [7, 11) is -4.31. The predicted octanol–water partition coefficient (Wildman–Crippen LogP) is 3.67. The minimum Gasteiger partial charge on any atom is -0.307 e. The standard InChI is InChI=1S/C21H28N4O4S/c1-12(2)17-9-14(5)10-18(13(3)4)19(17)24-20(27)25-30(28,29)21-22-8-7-16(23-21)11-15(6)26/h7-10,12-13H,11H2,1-6H3,(H2,24,25,27). The van der Waals surface area contributed by atoms with Crippen LogP contribution in [-0.2, 0) is 21.2 Å². The monoisotopic (exact) mass is 432 g/mol. The van der Waals surface area contributed by atoms with Crippen LogP contribution in [0.4, 0.5) is 10.5 Å². The fourth-order valence-electron chi connectivity index (χ4n) is 3.06. The molecule has 162 valence electrons. The fraction of sp³-hybridized carbons (Fsp3) is 0.429. The Bertz CT molecular complexity index is 1030. The summed E-state index contributed by atoms with van der Waals surface area (Å²) in [6, 6.07) is 4.52. The van der Waals surface area contributed by atoms with E-state index in [0.29, 0.717) is 5.69 Å². The highest BCUT2D eigenvalue weighted by molar-refractivity contribution is 7.89. The van der Waals surface area contributed by atoms with Crippen LogP contribution in [0.5, 0.6) is 0 Å². The number of amides is 2. The van der Waals surface area contributed by atoms with E-state index in [1.54, 1.807) is 0 Å². The second kappa shape index (κ2) is 9.34. The first kappa shape index (κ1) is 23.5. The number of anilines is 1. The zero-order chi connectivity index (χ0) is 22.6. The number of hydrogen-bond donors (Lipinski definition) is 2. The number of ketones is 1. The van der Waals surface area contributed by atoms with E-state index in [0.717, 1.165) is 16.7 Å². The van der Waals surface area contributed by atoms with E-state index in [-0.39, 0.29) is 29.7 Å². The van der Waals surface area contributed by atoms with Gasteiger partial charge in [-0.25, -0.2) is 19.5 Å². The summed E-state index contributed by atoms with van der Waals surface area (Å²) in [5.41, 5.74) is 3.78. The molecule has 0 fully saturated rings. The fourth-order valence-corrected chi connectivity index (χ4v) is 3.89. The second-order valence-corrected chi connectivity index (χ2v) is 9.47. The Labute approximate surface area is 177 Å². The molecule has 0 saturated heterocycles. The first-order chi connectivity index (χ1) is 13.9. The van der Waals surface area contributed by atoms with Crippen molar-refractivity contribution in [1.29, 1.82) is 0 Å². The van der Waals surface area contributed by atoms with Gasteiger partial charge in [0.15, 0.2) is 0 Å². The average Bonchev–Trinajstić information content (AvgIpc) is 2.61. The summed E-state index contributed by atoms with van der Waals surface area (Å²) in [5, 5.41) is 2.14. The first-order valence-corrected chi connectivity index (χ1v) is 11.2. The van der Waals surface area contributed by atoms with Crippen molar-refractivity contribution in [2.24, 2.45) is 0 Å². The van der Waals surface area contributed by atoms with E-state index < -0.39 is 21.2 Å². The molecule has 9 heteroatoms. The molecule has 2 amide bonds. The van der Waals surface area contributed by atoms with Crippen molar-refractivity contribution in [3.63, 3.8) is 0 Å². The van der Waals surface area contributed by atoms with Crippen molar-refractivity contribution in [3.05, 3.63) is 46.8 Å². The van der Waals surface area contributed by atoms with Crippen molar-refractivity contribution in [2.75, 3.05) is 5.32 Å². The van der Waals surface area contributed by atoms with Crippen LogP contribution in [0, 0.1) is 6.92 Å². The van der Waals surface area contributed by atoms with Crippen LogP contribution in [-0.4, -0.2) is 30.2 Å². The Hall–Kier alpha value is -2.81. The summed E-state index contributed by atoms with van der Waals surface area (Å²) in [4.78, 5) is 31.5. The van der Waals surface area contributed by atoms with Crippen LogP contribution < -0.4 is 10.0 Å². The zero-order valence-corrected chi connectivity index (χ0v) is 18.9. The number of carbonyl (C=O) groups excluding carboxylic acids is 2. The molecule has 0 bridgehead atoms. The SMILES string of the molecule is CC(=O)Cc1ccnc(S(=O)(=O)NC(=O)Nc2c(C(C)C)cc(C)cc2C(C)C)n1. The van der Waals surface area contributed by atoms with E-state index in [1.165, 1.54) is 19.2 Å². The molecular formula is C21H28N4O4S. The number of sulfonamides is 1. The number of aromatic nitrogens is 2. The Morgan fingerprint density at radius 3 is 2.13 bits per heavy atom. The van der Waals surface area contributed by atoms with Crippen molar-refractivity contribution >= 4 is 27.5 Å². The van der Waals surface area contributed by atoms with Crippen molar-refractivity contribution in [2.45, 2.75) is 65.0 Å². The number of rotatable bonds is 7. The molecular weight excluding hydrogens is 404 g/mol. The van der Waals surface area contributed by atoms with E-state index >= 15 is 0 Å². The molecule has 2 aromatic rings. The van der Waals surface area contributed by atoms with Crippen LogP contribution in [0.25, 0.3) is 0 Å². The molecule has 1 aromatic carbocycles. The highest BCUT2D eigenvalue weighted by Crippen LogP contribution is 2.33. The van der Waals surface area contributed by atoms with Gasteiger partial charge in [-0.1, -0.05) is 45.4 Å². The Kier molecular flexibility index (Phi) is 7.30. The van der Waals surface area contributed by atoms with Gasteiger partial charge in [0.05, 0.1) is 5.69 Å². The van der Waals surface area contributed by atoms with Crippen molar-refractivity contribution in [1.82, 2.24) is 14.7 Å². The highest BCUT2D eigenvalue weighted by atomic mass is 32.2. The largest absolute Gasteiger partial charge is 0.333 e. The second-order valence-electron chi connectivity index (χ2n) is 7.90. The van der Waals surface area contributed by atoms with Gasteiger partial charge in [0.25, 0.3) is 5.16 Å². The minimum atomic E-state index is -4.31. The lowest BCUT2D eigenvalue weighted by Gasteiger charge is -2.21. The summed E-state index contributed by atoms with van der Waals surface area (Å²) >= 11 is 0. The van der Waals surface area contributed by atoms with Gasteiger partial charge >= 0.3 is 16.1 Å². The number of urea groups is 1. The van der Waals surface area contributed by atoms with Gasteiger partial charge in [-0.05, 0) is 42.9 Å².